The van der Waals surface area contributed by atoms with E-state index in [2.05, 4.69) is 39.3 Å². The maximum atomic E-state index is 6.73. The second-order valence-electron chi connectivity index (χ2n) is 8.10. The highest BCUT2D eigenvalue weighted by Crippen LogP contribution is 2.25. The molecule has 0 atom stereocenters. The Morgan fingerprint density at radius 2 is 0.957 bits per heavy atom. The van der Waals surface area contributed by atoms with E-state index in [9.17, 15) is 0 Å². The van der Waals surface area contributed by atoms with Gasteiger partial charge in [-0.05, 0) is 64.0 Å². The summed E-state index contributed by atoms with van der Waals surface area (Å²) in [6, 6.07) is 2.66. The van der Waals surface area contributed by atoms with Gasteiger partial charge < -0.3 is 4.12 Å². The summed E-state index contributed by atoms with van der Waals surface area (Å²) in [5, 5.41) is 0. The first kappa shape index (κ1) is 22.9. The van der Waals surface area contributed by atoms with Gasteiger partial charge in [0.25, 0.3) is 0 Å². The Morgan fingerprint density at radius 3 is 1.30 bits per heavy atom. The van der Waals surface area contributed by atoms with Crippen LogP contribution < -0.4 is 0 Å². The van der Waals surface area contributed by atoms with Crippen LogP contribution in [0, 0.1) is 0 Å². The standard InChI is InChI=1S/C20H42OSi2/c1-7-9-11-13-15-17-19-22(3,4)21-23(5,6)20-18-16-14-12-10-8-2/h7-8H,1-2,9-20H2,3-6H3. The molecule has 0 aliphatic carbocycles. The van der Waals surface area contributed by atoms with Crippen LogP contribution in [-0.2, 0) is 4.12 Å². The van der Waals surface area contributed by atoms with Crippen molar-refractivity contribution in [2.75, 3.05) is 0 Å². The minimum atomic E-state index is -1.46. The smallest absolute Gasteiger partial charge is 0.173 e. The molecule has 0 aliphatic heterocycles. The van der Waals surface area contributed by atoms with Gasteiger partial charge in [0.05, 0.1) is 0 Å². The first-order chi connectivity index (χ1) is 10.8. The number of hydrogen-bond acceptors (Lipinski definition) is 1. The molecule has 3 heteroatoms. The second kappa shape index (κ2) is 13.2. The fourth-order valence-corrected chi connectivity index (χ4v) is 12.2. The van der Waals surface area contributed by atoms with Gasteiger partial charge in [-0.2, -0.15) is 0 Å². The van der Waals surface area contributed by atoms with Crippen LogP contribution in [-0.4, -0.2) is 16.6 Å². The molecule has 0 bridgehead atoms. The van der Waals surface area contributed by atoms with Crippen LogP contribution in [0.15, 0.2) is 25.3 Å². The molecule has 23 heavy (non-hydrogen) atoms. The lowest BCUT2D eigenvalue weighted by Crippen LogP contribution is -2.44. The third-order valence-corrected chi connectivity index (χ3v) is 12.0. The summed E-state index contributed by atoms with van der Waals surface area (Å²) in [5.41, 5.74) is 0. The van der Waals surface area contributed by atoms with Crippen molar-refractivity contribution in [3.05, 3.63) is 25.3 Å². The zero-order chi connectivity index (χ0) is 17.6. The fourth-order valence-electron chi connectivity index (χ4n) is 3.24. The normalized spacial score (nSPS) is 12.3. The van der Waals surface area contributed by atoms with Crippen molar-refractivity contribution >= 4 is 16.6 Å². The SMILES string of the molecule is C=CCCCCCC[Si](C)(C)O[Si](C)(C)CCCCCCC=C. The average molecular weight is 355 g/mol. The van der Waals surface area contributed by atoms with E-state index in [1.54, 1.807) is 0 Å². The van der Waals surface area contributed by atoms with Gasteiger partial charge >= 0.3 is 0 Å². The summed E-state index contributed by atoms with van der Waals surface area (Å²) in [7, 11) is -2.92. The summed E-state index contributed by atoms with van der Waals surface area (Å²) in [5.74, 6) is 0. The molecule has 0 aromatic carbocycles. The molecule has 0 saturated heterocycles. The molecule has 0 unspecified atom stereocenters. The van der Waals surface area contributed by atoms with E-state index in [4.69, 9.17) is 4.12 Å². The van der Waals surface area contributed by atoms with Crippen LogP contribution in [0.25, 0.3) is 0 Å². The minimum absolute atomic E-state index is 1.17. The van der Waals surface area contributed by atoms with Crippen LogP contribution >= 0.6 is 0 Å². The van der Waals surface area contributed by atoms with Crippen molar-refractivity contribution < 1.29 is 4.12 Å². The minimum Gasteiger partial charge on any atom is -0.455 e. The molecule has 0 radical (unpaired) electrons. The Kier molecular flexibility index (Phi) is 13.1. The molecule has 0 aliphatic rings. The Bertz CT molecular complexity index is 281. The fraction of sp³-hybridized carbons (Fsp3) is 0.800. The molecule has 1 nitrogen and oxygen atoms in total. The molecule has 0 aromatic heterocycles. The first-order valence-electron chi connectivity index (χ1n) is 9.75. The van der Waals surface area contributed by atoms with Crippen molar-refractivity contribution in [2.24, 2.45) is 0 Å². The maximum Gasteiger partial charge on any atom is 0.173 e. The topological polar surface area (TPSA) is 9.23 Å². The Balaban J connectivity index is 3.85. The van der Waals surface area contributed by atoms with Crippen molar-refractivity contribution in [3.8, 4) is 0 Å². The van der Waals surface area contributed by atoms with Gasteiger partial charge in [-0.15, -0.1) is 13.2 Å². The lowest BCUT2D eigenvalue weighted by molar-refractivity contribution is 0.521. The predicted octanol–water partition coefficient (Wildman–Crippen LogP) is 7.69. The zero-order valence-electron chi connectivity index (χ0n) is 16.5. The van der Waals surface area contributed by atoms with Crippen LogP contribution in [0.4, 0.5) is 0 Å². The van der Waals surface area contributed by atoms with E-state index in [1.807, 2.05) is 12.2 Å². The maximum absolute atomic E-state index is 6.73. The highest BCUT2D eigenvalue weighted by molar-refractivity contribution is 6.84. The van der Waals surface area contributed by atoms with E-state index in [1.165, 1.54) is 76.3 Å². The molecule has 0 saturated carbocycles. The zero-order valence-corrected chi connectivity index (χ0v) is 18.5. The van der Waals surface area contributed by atoms with Gasteiger partial charge in [0.15, 0.2) is 16.6 Å². The van der Waals surface area contributed by atoms with Gasteiger partial charge in [-0.1, -0.05) is 50.7 Å². The van der Waals surface area contributed by atoms with Gasteiger partial charge in [-0.3, -0.25) is 0 Å². The lowest BCUT2D eigenvalue weighted by atomic mass is 10.1. The number of hydrogen-bond donors (Lipinski definition) is 0. The molecule has 0 fully saturated rings. The number of unbranched alkanes of at least 4 members (excludes halogenated alkanes) is 8. The third-order valence-electron chi connectivity index (χ3n) is 4.43. The molecule has 0 rings (SSSR count). The Labute approximate surface area is 148 Å². The monoisotopic (exact) mass is 354 g/mol. The summed E-state index contributed by atoms with van der Waals surface area (Å²) < 4.78 is 6.73. The van der Waals surface area contributed by atoms with E-state index in [-0.39, 0.29) is 0 Å². The molecular weight excluding hydrogens is 312 g/mol. The van der Waals surface area contributed by atoms with Gasteiger partial charge in [0, 0.05) is 0 Å². The van der Waals surface area contributed by atoms with E-state index < -0.39 is 16.6 Å². The third kappa shape index (κ3) is 15.2. The van der Waals surface area contributed by atoms with Crippen LogP contribution in [0.2, 0.25) is 38.3 Å². The van der Waals surface area contributed by atoms with Gasteiger partial charge in [-0.25, -0.2) is 0 Å². The van der Waals surface area contributed by atoms with Crippen LogP contribution in [0.1, 0.15) is 64.2 Å². The summed E-state index contributed by atoms with van der Waals surface area (Å²) in [4.78, 5) is 0. The quantitative estimate of drug-likeness (QED) is 0.157. The van der Waals surface area contributed by atoms with Crippen molar-refractivity contribution in [1.29, 1.82) is 0 Å². The van der Waals surface area contributed by atoms with Gasteiger partial charge in [0.2, 0.25) is 0 Å². The van der Waals surface area contributed by atoms with Gasteiger partial charge in [0.1, 0.15) is 0 Å². The predicted molar refractivity (Wildman–Crippen MR) is 112 cm³/mol. The first-order valence-corrected chi connectivity index (χ1v) is 16.0. The molecule has 136 valence electrons. The van der Waals surface area contributed by atoms with E-state index >= 15 is 0 Å². The van der Waals surface area contributed by atoms with E-state index in [0.29, 0.717) is 0 Å². The summed E-state index contributed by atoms with van der Waals surface area (Å²) in [6.07, 6.45) is 17.1. The Hall–Kier alpha value is -0.126. The average Bonchev–Trinajstić information content (AvgIpc) is 2.45. The second-order valence-corrected chi connectivity index (χ2v) is 17.0. The number of rotatable bonds is 16. The highest BCUT2D eigenvalue weighted by atomic mass is 28.4. The van der Waals surface area contributed by atoms with Crippen molar-refractivity contribution in [1.82, 2.24) is 0 Å². The van der Waals surface area contributed by atoms with Crippen LogP contribution in [0.5, 0.6) is 0 Å². The molecule has 0 N–H and O–H groups in total. The molecule has 0 heterocycles. The molecule has 0 aromatic rings. The molecule has 0 spiro atoms. The van der Waals surface area contributed by atoms with E-state index in [0.717, 1.165) is 0 Å². The van der Waals surface area contributed by atoms with Crippen molar-refractivity contribution in [2.45, 2.75) is 102 Å². The summed E-state index contributed by atoms with van der Waals surface area (Å²) in [6.45, 7) is 17.3. The number of allylic oxidation sites excluding steroid dienone is 2. The largest absolute Gasteiger partial charge is 0.455 e. The van der Waals surface area contributed by atoms with Crippen molar-refractivity contribution in [3.63, 3.8) is 0 Å². The molecular formula is C20H42OSi2. The lowest BCUT2D eigenvalue weighted by Gasteiger charge is -2.34. The Morgan fingerprint density at radius 1 is 0.609 bits per heavy atom. The van der Waals surface area contributed by atoms with Crippen LogP contribution in [0.3, 0.4) is 0 Å². The summed E-state index contributed by atoms with van der Waals surface area (Å²) >= 11 is 0. The molecule has 0 amide bonds. The highest BCUT2D eigenvalue weighted by Gasteiger charge is 2.31.